The minimum atomic E-state index is -0.206. The van der Waals surface area contributed by atoms with Crippen LogP contribution in [-0.2, 0) is 13.5 Å². The predicted molar refractivity (Wildman–Crippen MR) is 77.9 cm³/mol. The molecule has 0 bridgehead atoms. The van der Waals surface area contributed by atoms with Crippen molar-refractivity contribution in [3.63, 3.8) is 0 Å². The number of nitrogens with zero attached hydrogens (tertiary/aromatic N) is 2. The van der Waals surface area contributed by atoms with Crippen molar-refractivity contribution in [3.8, 4) is 0 Å². The normalized spacial score (nSPS) is 25.8. The van der Waals surface area contributed by atoms with E-state index >= 15 is 0 Å². The molecule has 1 aliphatic carbocycles. The van der Waals surface area contributed by atoms with Gasteiger partial charge in [0.25, 0.3) is 0 Å². The highest BCUT2D eigenvalue weighted by Crippen LogP contribution is 2.35. The third-order valence-electron chi connectivity index (χ3n) is 4.82. The quantitative estimate of drug-likeness (QED) is 0.907. The lowest BCUT2D eigenvalue weighted by Crippen LogP contribution is -2.29. The van der Waals surface area contributed by atoms with Crippen LogP contribution in [0.2, 0.25) is 0 Å². The minimum Gasteiger partial charge on any atom is -0.392 e. The number of aromatic nitrogens is 2. The van der Waals surface area contributed by atoms with E-state index in [4.69, 9.17) is 0 Å². The number of aryl methyl sites for hydroxylation is 2. The lowest BCUT2D eigenvalue weighted by atomic mass is 9.74. The Balaban J connectivity index is 1.88. The summed E-state index contributed by atoms with van der Waals surface area (Å²) in [4.78, 5) is 0. The van der Waals surface area contributed by atoms with Crippen LogP contribution in [0.1, 0.15) is 50.9 Å². The van der Waals surface area contributed by atoms with Crippen molar-refractivity contribution in [2.75, 3.05) is 0 Å². The number of aliphatic hydroxyl groups is 1. The predicted octanol–water partition coefficient (Wildman–Crippen LogP) is 3.09. The first-order valence-electron chi connectivity index (χ1n) is 7.65. The van der Waals surface area contributed by atoms with E-state index in [0.717, 1.165) is 29.6 Å². The molecule has 19 heavy (non-hydrogen) atoms. The molecule has 0 spiro atoms. The average Bonchev–Trinajstić information content (AvgIpc) is 2.68. The summed E-state index contributed by atoms with van der Waals surface area (Å²) in [7, 11) is 1.96. The van der Waals surface area contributed by atoms with Crippen LogP contribution in [0.5, 0.6) is 0 Å². The number of hydrogen-bond acceptors (Lipinski definition) is 2. The zero-order chi connectivity index (χ0) is 14.0. The van der Waals surface area contributed by atoms with Gasteiger partial charge in [-0.2, -0.15) is 5.10 Å². The smallest absolute Gasteiger partial charge is 0.0623 e. The Bertz CT molecular complexity index is 403. The first kappa shape index (κ1) is 14.6. The Labute approximate surface area is 117 Å². The first-order chi connectivity index (χ1) is 8.97. The number of hydrogen-bond donors (Lipinski definition) is 1. The highest BCUT2D eigenvalue weighted by Gasteiger charge is 2.28. The minimum absolute atomic E-state index is 0.206. The molecule has 3 heteroatoms. The molecule has 0 aromatic carbocycles. The fourth-order valence-corrected chi connectivity index (χ4v) is 3.43. The Hall–Kier alpha value is -0.830. The van der Waals surface area contributed by atoms with Crippen LogP contribution in [0.4, 0.5) is 0 Å². The van der Waals surface area contributed by atoms with Gasteiger partial charge in [0.1, 0.15) is 0 Å². The third-order valence-corrected chi connectivity index (χ3v) is 4.82. The first-order valence-corrected chi connectivity index (χ1v) is 7.65. The van der Waals surface area contributed by atoms with E-state index in [1.54, 1.807) is 0 Å². The van der Waals surface area contributed by atoms with Crippen molar-refractivity contribution in [2.24, 2.45) is 24.8 Å². The standard InChI is InChI=1S/C16H28N2O/c1-11(2)13-5-7-14(8-6-13)16(19)10-15-9-12(3)17-18(15)4/h9,11,13-14,16,19H,5-8,10H2,1-4H3. The molecule has 0 saturated heterocycles. The van der Waals surface area contributed by atoms with Crippen molar-refractivity contribution in [3.05, 3.63) is 17.5 Å². The van der Waals surface area contributed by atoms with Gasteiger partial charge in [-0.3, -0.25) is 4.68 Å². The van der Waals surface area contributed by atoms with Crippen molar-refractivity contribution >= 4 is 0 Å². The summed E-state index contributed by atoms with van der Waals surface area (Å²) in [5.74, 6) is 2.13. The fourth-order valence-electron chi connectivity index (χ4n) is 3.43. The zero-order valence-electron chi connectivity index (χ0n) is 12.8. The van der Waals surface area contributed by atoms with Crippen LogP contribution in [0, 0.1) is 24.7 Å². The summed E-state index contributed by atoms with van der Waals surface area (Å²) >= 11 is 0. The Morgan fingerprint density at radius 3 is 2.32 bits per heavy atom. The molecule has 0 amide bonds. The van der Waals surface area contributed by atoms with Gasteiger partial charge < -0.3 is 5.11 Å². The lowest BCUT2D eigenvalue weighted by molar-refractivity contribution is 0.0661. The summed E-state index contributed by atoms with van der Waals surface area (Å²) < 4.78 is 1.90. The maximum Gasteiger partial charge on any atom is 0.0623 e. The molecule has 1 saturated carbocycles. The van der Waals surface area contributed by atoms with Crippen molar-refractivity contribution in [2.45, 2.75) is 59.0 Å². The van der Waals surface area contributed by atoms with E-state index in [1.165, 1.54) is 25.7 Å². The fraction of sp³-hybridized carbons (Fsp3) is 0.812. The second-order valence-electron chi connectivity index (χ2n) is 6.59. The average molecular weight is 264 g/mol. The van der Waals surface area contributed by atoms with Crippen molar-refractivity contribution in [1.82, 2.24) is 9.78 Å². The molecule has 0 aliphatic heterocycles. The maximum absolute atomic E-state index is 10.4. The van der Waals surface area contributed by atoms with Crippen LogP contribution in [0.3, 0.4) is 0 Å². The highest BCUT2D eigenvalue weighted by molar-refractivity contribution is 5.09. The molecule has 3 nitrogen and oxygen atoms in total. The molecule has 1 N–H and O–H groups in total. The molecule has 1 heterocycles. The van der Waals surface area contributed by atoms with Gasteiger partial charge in [0.2, 0.25) is 0 Å². The molecule has 1 aromatic rings. The van der Waals surface area contributed by atoms with Gasteiger partial charge in [-0.05, 0) is 56.4 Å². The monoisotopic (exact) mass is 264 g/mol. The van der Waals surface area contributed by atoms with Crippen LogP contribution in [0.25, 0.3) is 0 Å². The van der Waals surface area contributed by atoms with Crippen LogP contribution < -0.4 is 0 Å². The van der Waals surface area contributed by atoms with E-state index in [-0.39, 0.29) is 6.10 Å². The van der Waals surface area contributed by atoms with Gasteiger partial charge in [-0.15, -0.1) is 0 Å². The van der Waals surface area contributed by atoms with E-state index in [1.807, 2.05) is 18.7 Å². The molecular weight excluding hydrogens is 236 g/mol. The number of aliphatic hydroxyl groups excluding tert-OH is 1. The Morgan fingerprint density at radius 2 is 1.84 bits per heavy atom. The molecule has 108 valence electrons. The van der Waals surface area contributed by atoms with E-state index in [9.17, 15) is 5.11 Å². The SMILES string of the molecule is Cc1cc(CC(O)C2CCC(C(C)C)CC2)n(C)n1. The van der Waals surface area contributed by atoms with Gasteiger partial charge in [-0.1, -0.05) is 13.8 Å². The zero-order valence-corrected chi connectivity index (χ0v) is 12.8. The van der Waals surface area contributed by atoms with Gasteiger partial charge in [-0.25, -0.2) is 0 Å². The van der Waals surface area contributed by atoms with Gasteiger partial charge >= 0.3 is 0 Å². The van der Waals surface area contributed by atoms with Crippen molar-refractivity contribution in [1.29, 1.82) is 0 Å². The summed E-state index contributed by atoms with van der Waals surface area (Å²) in [5.41, 5.74) is 2.18. The summed E-state index contributed by atoms with van der Waals surface area (Å²) in [5, 5.41) is 14.8. The van der Waals surface area contributed by atoms with Crippen LogP contribution in [-0.4, -0.2) is 21.0 Å². The number of rotatable bonds is 4. The molecule has 1 unspecified atom stereocenters. The lowest BCUT2D eigenvalue weighted by Gasteiger charge is -2.33. The topological polar surface area (TPSA) is 38.0 Å². The highest BCUT2D eigenvalue weighted by atomic mass is 16.3. The second kappa shape index (κ2) is 6.08. The van der Waals surface area contributed by atoms with E-state index < -0.39 is 0 Å². The van der Waals surface area contributed by atoms with Gasteiger partial charge in [0, 0.05) is 19.2 Å². The summed E-state index contributed by atoms with van der Waals surface area (Å²) in [6.07, 6.45) is 5.46. The maximum atomic E-state index is 10.4. The molecule has 0 radical (unpaired) electrons. The van der Waals surface area contributed by atoms with Gasteiger partial charge in [0.05, 0.1) is 11.8 Å². The Kier molecular flexibility index (Phi) is 4.67. The molecule has 1 aromatic heterocycles. The second-order valence-corrected chi connectivity index (χ2v) is 6.59. The Morgan fingerprint density at radius 1 is 1.26 bits per heavy atom. The molecule has 2 rings (SSSR count). The molecule has 1 atom stereocenters. The third kappa shape index (κ3) is 3.59. The van der Waals surface area contributed by atoms with Crippen molar-refractivity contribution < 1.29 is 5.11 Å². The van der Waals surface area contributed by atoms with Gasteiger partial charge in [0.15, 0.2) is 0 Å². The molecule has 1 aliphatic rings. The van der Waals surface area contributed by atoms with E-state index in [2.05, 4.69) is 25.0 Å². The summed E-state index contributed by atoms with van der Waals surface area (Å²) in [6, 6.07) is 2.09. The summed E-state index contributed by atoms with van der Waals surface area (Å²) in [6.45, 7) is 6.64. The van der Waals surface area contributed by atoms with Crippen LogP contribution >= 0.6 is 0 Å². The van der Waals surface area contributed by atoms with E-state index in [0.29, 0.717) is 5.92 Å². The van der Waals surface area contributed by atoms with Crippen LogP contribution in [0.15, 0.2) is 6.07 Å². The largest absolute Gasteiger partial charge is 0.392 e. The molecule has 1 fully saturated rings. The molecular formula is C16H28N2O.